The van der Waals surface area contributed by atoms with Gasteiger partial charge in [0.05, 0.1) is 12.6 Å². The third-order valence-corrected chi connectivity index (χ3v) is 2.60. The van der Waals surface area contributed by atoms with Gasteiger partial charge >= 0.3 is 0 Å². The normalized spacial score (nSPS) is 12.7. The maximum Gasteiger partial charge on any atom is 0.0657 e. The van der Waals surface area contributed by atoms with Crippen LogP contribution < -0.4 is 5.32 Å². The molecule has 0 saturated carbocycles. The van der Waals surface area contributed by atoms with Gasteiger partial charge in [-0.3, -0.25) is 0 Å². The van der Waals surface area contributed by atoms with Crippen molar-refractivity contribution in [1.29, 1.82) is 0 Å². The standard InChI is InChI=1S/C13H21NO/c1-4-5-11-6-8-12(9-7-11)13(14-2)10-15-3/h6-9,13-14H,4-5,10H2,1-3H3. The van der Waals surface area contributed by atoms with Gasteiger partial charge in [-0.05, 0) is 24.6 Å². The third-order valence-electron chi connectivity index (χ3n) is 2.60. The Balaban J connectivity index is 2.68. The lowest BCUT2D eigenvalue weighted by molar-refractivity contribution is 0.170. The topological polar surface area (TPSA) is 21.3 Å². The summed E-state index contributed by atoms with van der Waals surface area (Å²) >= 11 is 0. The van der Waals surface area contributed by atoms with Crippen molar-refractivity contribution in [3.63, 3.8) is 0 Å². The number of hydrogen-bond donors (Lipinski definition) is 1. The average Bonchev–Trinajstić information content (AvgIpc) is 2.28. The van der Waals surface area contributed by atoms with E-state index in [1.807, 2.05) is 7.05 Å². The fourth-order valence-electron chi connectivity index (χ4n) is 1.72. The molecule has 0 aliphatic carbocycles. The predicted octanol–water partition coefficient (Wildman–Crippen LogP) is 2.55. The molecule has 1 rings (SSSR count). The lowest BCUT2D eigenvalue weighted by Gasteiger charge is -2.15. The third kappa shape index (κ3) is 3.65. The molecule has 0 aromatic heterocycles. The van der Waals surface area contributed by atoms with E-state index in [2.05, 4.69) is 36.5 Å². The molecule has 0 bridgehead atoms. The second kappa shape index (κ2) is 6.59. The highest BCUT2D eigenvalue weighted by Gasteiger charge is 2.07. The van der Waals surface area contributed by atoms with E-state index >= 15 is 0 Å². The maximum absolute atomic E-state index is 5.16. The van der Waals surface area contributed by atoms with Gasteiger partial charge in [-0.15, -0.1) is 0 Å². The van der Waals surface area contributed by atoms with Crippen LogP contribution in [0.15, 0.2) is 24.3 Å². The summed E-state index contributed by atoms with van der Waals surface area (Å²) in [6.45, 7) is 2.92. The number of nitrogens with one attached hydrogen (secondary N) is 1. The molecule has 0 fully saturated rings. The van der Waals surface area contributed by atoms with Gasteiger partial charge in [0.2, 0.25) is 0 Å². The van der Waals surface area contributed by atoms with Crippen molar-refractivity contribution >= 4 is 0 Å². The number of likely N-dealkylation sites (N-methyl/N-ethyl adjacent to an activating group) is 1. The number of ether oxygens (including phenoxy) is 1. The summed E-state index contributed by atoms with van der Waals surface area (Å²) in [6.07, 6.45) is 2.36. The van der Waals surface area contributed by atoms with Gasteiger partial charge in [-0.1, -0.05) is 37.6 Å². The Bertz CT molecular complexity index is 268. The predicted molar refractivity (Wildman–Crippen MR) is 64.1 cm³/mol. The lowest BCUT2D eigenvalue weighted by Crippen LogP contribution is -2.20. The Hall–Kier alpha value is -0.860. The van der Waals surface area contributed by atoms with Crippen LogP contribution >= 0.6 is 0 Å². The van der Waals surface area contributed by atoms with Crippen LogP contribution in [0.3, 0.4) is 0 Å². The summed E-state index contributed by atoms with van der Waals surface area (Å²) in [7, 11) is 3.69. The Morgan fingerprint density at radius 2 is 1.93 bits per heavy atom. The highest BCUT2D eigenvalue weighted by atomic mass is 16.5. The van der Waals surface area contributed by atoms with Crippen LogP contribution in [0.4, 0.5) is 0 Å². The van der Waals surface area contributed by atoms with Crippen LogP contribution in [-0.4, -0.2) is 20.8 Å². The minimum absolute atomic E-state index is 0.297. The molecule has 2 nitrogen and oxygen atoms in total. The largest absolute Gasteiger partial charge is 0.383 e. The molecule has 0 aliphatic heterocycles. The zero-order valence-electron chi connectivity index (χ0n) is 9.92. The van der Waals surface area contributed by atoms with Crippen molar-refractivity contribution in [3.05, 3.63) is 35.4 Å². The van der Waals surface area contributed by atoms with Crippen LogP contribution in [0.25, 0.3) is 0 Å². The number of rotatable bonds is 6. The van der Waals surface area contributed by atoms with Crippen molar-refractivity contribution in [3.8, 4) is 0 Å². The molecular weight excluding hydrogens is 186 g/mol. The molecule has 0 heterocycles. The monoisotopic (exact) mass is 207 g/mol. The van der Waals surface area contributed by atoms with E-state index in [9.17, 15) is 0 Å². The van der Waals surface area contributed by atoms with Crippen molar-refractivity contribution in [2.24, 2.45) is 0 Å². The maximum atomic E-state index is 5.16. The summed E-state index contributed by atoms with van der Waals surface area (Å²) in [5.74, 6) is 0. The van der Waals surface area contributed by atoms with Crippen LogP contribution in [-0.2, 0) is 11.2 Å². The highest BCUT2D eigenvalue weighted by molar-refractivity contribution is 5.25. The quantitative estimate of drug-likeness (QED) is 0.774. The first kappa shape index (κ1) is 12.2. The molecule has 84 valence electrons. The smallest absolute Gasteiger partial charge is 0.0657 e. The molecule has 0 spiro atoms. The summed E-state index contributed by atoms with van der Waals surface area (Å²) in [5, 5.41) is 3.25. The van der Waals surface area contributed by atoms with Crippen LogP contribution in [0, 0.1) is 0 Å². The van der Waals surface area contributed by atoms with Gasteiger partial charge < -0.3 is 10.1 Å². The SMILES string of the molecule is CCCc1ccc(C(COC)NC)cc1. The Morgan fingerprint density at radius 3 is 2.40 bits per heavy atom. The Labute approximate surface area is 92.6 Å². The average molecular weight is 207 g/mol. The molecule has 2 heteroatoms. The molecule has 0 radical (unpaired) electrons. The molecule has 0 aliphatic rings. The van der Waals surface area contributed by atoms with Crippen LogP contribution in [0.2, 0.25) is 0 Å². The second-order valence-corrected chi connectivity index (χ2v) is 3.79. The highest BCUT2D eigenvalue weighted by Crippen LogP contribution is 2.14. The summed E-state index contributed by atoms with van der Waals surface area (Å²) in [5.41, 5.74) is 2.70. The Morgan fingerprint density at radius 1 is 1.27 bits per heavy atom. The summed E-state index contributed by atoms with van der Waals surface area (Å²) in [4.78, 5) is 0. The summed E-state index contributed by atoms with van der Waals surface area (Å²) in [6, 6.07) is 9.08. The van der Waals surface area contributed by atoms with Crippen molar-refractivity contribution in [1.82, 2.24) is 5.32 Å². The van der Waals surface area contributed by atoms with E-state index in [4.69, 9.17) is 4.74 Å². The minimum Gasteiger partial charge on any atom is -0.383 e. The second-order valence-electron chi connectivity index (χ2n) is 3.79. The number of methoxy groups -OCH3 is 1. The van der Waals surface area contributed by atoms with Gasteiger partial charge in [-0.25, -0.2) is 0 Å². The van der Waals surface area contributed by atoms with Gasteiger partial charge in [0.1, 0.15) is 0 Å². The first-order valence-corrected chi connectivity index (χ1v) is 5.56. The fraction of sp³-hybridized carbons (Fsp3) is 0.538. The first-order valence-electron chi connectivity index (χ1n) is 5.56. The zero-order valence-corrected chi connectivity index (χ0v) is 9.92. The van der Waals surface area contributed by atoms with Crippen molar-refractivity contribution < 1.29 is 4.74 Å². The number of aryl methyl sites for hydroxylation is 1. The molecule has 1 aromatic rings. The molecule has 1 unspecified atom stereocenters. The molecule has 1 N–H and O–H groups in total. The fourth-order valence-corrected chi connectivity index (χ4v) is 1.72. The number of hydrogen-bond acceptors (Lipinski definition) is 2. The van der Waals surface area contributed by atoms with E-state index < -0.39 is 0 Å². The number of benzene rings is 1. The van der Waals surface area contributed by atoms with E-state index in [-0.39, 0.29) is 0 Å². The molecular formula is C13H21NO. The van der Waals surface area contributed by atoms with Crippen molar-refractivity contribution in [2.75, 3.05) is 20.8 Å². The lowest BCUT2D eigenvalue weighted by atomic mass is 10.0. The van der Waals surface area contributed by atoms with E-state index in [1.54, 1.807) is 7.11 Å². The molecule has 0 saturated heterocycles. The van der Waals surface area contributed by atoms with Crippen molar-refractivity contribution in [2.45, 2.75) is 25.8 Å². The van der Waals surface area contributed by atoms with E-state index in [1.165, 1.54) is 17.5 Å². The molecule has 1 atom stereocenters. The molecule has 15 heavy (non-hydrogen) atoms. The molecule has 0 amide bonds. The van der Waals surface area contributed by atoms with Gasteiger partial charge in [0.25, 0.3) is 0 Å². The first-order chi connectivity index (χ1) is 7.31. The van der Waals surface area contributed by atoms with Gasteiger partial charge in [-0.2, -0.15) is 0 Å². The van der Waals surface area contributed by atoms with Gasteiger partial charge in [0.15, 0.2) is 0 Å². The minimum atomic E-state index is 0.297. The van der Waals surface area contributed by atoms with E-state index in [0.717, 1.165) is 6.42 Å². The molecule has 1 aromatic carbocycles. The van der Waals surface area contributed by atoms with Crippen LogP contribution in [0.5, 0.6) is 0 Å². The van der Waals surface area contributed by atoms with Gasteiger partial charge in [0, 0.05) is 7.11 Å². The van der Waals surface area contributed by atoms with Crippen LogP contribution in [0.1, 0.15) is 30.5 Å². The summed E-state index contributed by atoms with van der Waals surface area (Å²) < 4.78 is 5.16. The Kier molecular flexibility index (Phi) is 5.37. The zero-order chi connectivity index (χ0) is 11.1. The van der Waals surface area contributed by atoms with E-state index in [0.29, 0.717) is 12.6 Å².